The zero-order valence-corrected chi connectivity index (χ0v) is 15.1. The molecule has 1 saturated heterocycles. The predicted octanol–water partition coefficient (Wildman–Crippen LogP) is 1.85. The van der Waals surface area contributed by atoms with Gasteiger partial charge in [0.2, 0.25) is 0 Å². The summed E-state index contributed by atoms with van der Waals surface area (Å²) in [6.07, 6.45) is 1.17. The average molecular weight is 383 g/mol. The zero-order valence-electron chi connectivity index (χ0n) is 14.3. The van der Waals surface area contributed by atoms with Crippen molar-refractivity contribution in [1.82, 2.24) is 4.90 Å². The Hall–Kier alpha value is -1.90. The normalized spacial score (nSPS) is 20.3. The number of furan rings is 1. The Morgan fingerprint density at radius 3 is 2.77 bits per heavy atom. The van der Waals surface area contributed by atoms with Gasteiger partial charge in [-0.3, -0.25) is 4.90 Å². The van der Waals surface area contributed by atoms with Crippen molar-refractivity contribution in [1.29, 1.82) is 0 Å². The van der Waals surface area contributed by atoms with Gasteiger partial charge in [0.05, 0.1) is 24.3 Å². The summed E-state index contributed by atoms with van der Waals surface area (Å²) >= 11 is 0. The van der Waals surface area contributed by atoms with Gasteiger partial charge >= 0.3 is 0 Å². The van der Waals surface area contributed by atoms with Crippen LogP contribution in [0.5, 0.6) is 5.75 Å². The molecule has 0 amide bonds. The Balaban J connectivity index is 1.62. The second-order valence-corrected chi connectivity index (χ2v) is 8.69. The van der Waals surface area contributed by atoms with Gasteiger partial charge in [-0.1, -0.05) is 12.1 Å². The Labute approximate surface area is 152 Å². The lowest BCUT2D eigenvalue weighted by Gasteiger charge is -2.29. The first-order valence-electron chi connectivity index (χ1n) is 8.45. The molecule has 2 heterocycles. The predicted molar refractivity (Wildman–Crippen MR) is 94.1 cm³/mol. The molecule has 1 aromatic carbocycles. The molecule has 8 heteroatoms. The van der Waals surface area contributed by atoms with Crippen molar-refractivity contribution in [3.8, 4) is 5.75 Å². The summed E-state index contributed by atoms with van der Waals surface area (Å²) < 4.78 is 47.9. The van der Waals surface area contributed by atoms with Gasteiger partial charge in [-0.2, -0.15) is 0 Å². The molecule has 0 radical (unpaired) electrons. The fraction of sp³-hybridized carbons (Fsp3) is 0.444. The fourth-order valence-electron chi connectivity index (χ4n) is 3.08. The monoisotopic (exact) mass is 383 g/mol. The molecule has 1 aliphatic rings. The minimum Gasteiger partial charge on any atom is -0.488 e. The number of sulfone groups is 1. The van der Waals surface area contributed by atoms with Crippen LogP contribution in [0.4, 0.5) is 4.39 Å². The van der Waals surface area contributed by atoms with Crippen LogP contribution in [0.1, 0.15) is 12.2 Å². The molecule has 0 aliphatic carbocycles. The number of halogens is 1. The third kappa shape index (κ3) is 5.06. The van der Waals surface area contributed by atoms with Crippen LogP contribution >= 0.6 is 0 Å². The van der Waals surface area contributed by atoms with Crippen LogP contribution in [-0.2, 0) is 16.4 Å². The smallest absolute Gasteiger partial charge is 0.165 e. The van der Waals surface area contributed by atoms with Gasteiger partial charge in [0, 0.05) is 12.6 Å². The van der Waals surface area contributed by atoms with E-state index in [0.717, 1.165) is 0 Å². The molecule has 2 aromatic rings. The van der Waals surface area contributed by atoms with Gasteiger partial charge < -0.3 is 14.3 Å². The maximum absolute atomic E-state index is 13.6. The van der Waals surface area contributed by atoms with Gasteiger partial charge in [0.25, 0.3) is 0 Å². The molecule has 0 saturated carbocycles. The molecule has 6 nitrogen and oxygen atoms in total. The summed E-state index contributed by atoms with van der Waals surface area (Å²) in [4.78, 5) is 1.89. The van der Waals surface area contributed by atoms with E-state index in [-0.39, 0.29) is 36.4 Å². The van der Waals surface area contributed by atoms with Crippen molar-refractivity contribution in [3.05, 3.63) is 54.2 Å². The van der Waals surface area contributed by atoms with Crippen LogP contribution in [-0.4, -0.2) is 55.2 Å². The first-order valence-corrected chi connectivity index (χ1v) is 10.3. The van der Waals surface area contributed by atoms with E-state index < -0.39 is 21.8 Å². The van der Waals surface area contributed by atoms with E-state index in [1.54, 1.807) is 30.5 Å². The molecule has 3 rings (SSSR count). The quantitative estimate of drug-likeness (QED) is 0.749. The van der Waals surface area contributed by atoms with Crippen molar-refractivity contribution < 1.29 is 27.1 Å². The maximum atomic E-state index is 13.6. The fourth-order valence-corrected chi connectivity index (χ4v) is 4.84. The molecule has 1 fully saturated rings. The van der Waals surface area contributed by atoms with Crippen LogP contribution in [0, 0.1) is 5.82 Å². The first kappa shape index (κ1) is 18.9. The van der Waals surface area contributed by atoms with Crippen molar-refractivity contribution >= 4 is 9.84 Å². The first-order chi connectivity index (χ1) is 12.4. The van der Waals surface area contributed by atoms with Crippen molar-refractivity contribution in [2.24, 2.45) is 0 Å². The number of hydrogen-bond donors (Lipinski definition) is 1. The van der Waals surface area contributed by atoms with Crippen LogP contribution in [0.2, 0.25) is 0 Å². The van der Waals surface area contributed by atoms with Crippen molar-refractivity contribution in [2.75, 3.05) is 24.7 Å². The summed E-state index contributed by atoms with van der Waals surface area (Å²) in [5.74, 6) is 0.487. The van der Waals surface area contributed by atoms with E-state index in [0.29, 0.717) is 18.7 Å². The minimum absolute atomic E-state index is 0.0641. The van der Waals surface area contributed by atoms with E-state index >= 15 is 0 Å². The largest absolute Gasteiger partial charge is 0.488 e. The Kier molecular flexibility index (Phi) is 5.95. The van der Waals surface area contributed by atoms with Crippen LogP contribution in [0.15, 0.2) is 47.1 Å². The number of nitrogens with zero attached hydrogens (tertiary/aromatic N) is 1. The highest BCUT2D eigenvalue weighted by molar-refractivity contribution is 7.91. The molecule has 1 aromatic heterocycles. The number of hydrogen-bond acceptors (Lipinski definition) is 6. The summed E-state index contributed by atoms with van der Waals surface area (Å²) in [6, 6.07) is 9.37. The SMILES string of the molecule is O=S1(=O)CC[C@H](N(Cc2ccco2)C[C@H](O)COc2ccccc2F)C1. The molecular weight excluding hydrogens is 361 g/mol. The topological polar surface area (TPSA) is 80.0 Å². The van der Waals surface area contributed by atoms with E-state index in [4.69, 9.17) is 9.15 Å². The average Bonchev–Trinajstić information content (AvgIpc) is 3.23. The van der Waals surface area contributed by atoms with Gasteiger partial charge in [-0.15, -0.1) is 0 Å². The third-order valence-corrected chi connectivity index (χ3v) is 6.13. The van der Waals surface area contributed by atoms with Gasteiger partial charge in [-0.05, 0) is 30.7 Å². The number of rotatable bonds is 8. The molecule has 0 spiro atoms. The Morgan fingerprint density at radius 2 is 2.12 bits per heavy atom. The highest BCUT2D eigenvalue weighted by atomic mass is 32.2. The summed E-state index contributed by atoms with van der Waals surface area (Å²) in [7, 11) is -3.05. The Bertz CT molecular complexity index is 809. The van der Waals surface area contributed by atoms with E-state index in [1.807, 2.05) is 4.90 Å². The van der Waals surface area contributed by atoms with Crippen LogP contribution in [0.25, 0.3) is 0 Å². The third-order valence-electron chi connectivity index (χ3n) is 4.38. The molecule has 0 unspecified atom stereocenters. The van der Waals surface area contributed by atoms with Gasteiger partial charge in [0.15, 0.2) is 21.4 Å². The van der Waals surface area contributed by atoms with Crippen LogP contribution < -0.4 is 4.74 Å². The molecule has 142 valence electrons. The molecule has 0 bridgehead atoms. The number of aliphatic hydroxyl groups is 1. The molecule has 2 atom stereocenters. The molecule has 1 aliphatic heterocycles. The highest BCUT2D eigenvalue weighted by Crippen LogP contribution is 2.21. The van der Waals surface area contributed by atoms with Gasteiger partial charge in [-0.25, -0.2) is 12.8 Å². The van der Waals surface area contributed by atoms with E-state index in [1.165, 1.54) is 12.1 Å². The number of para-hydroxylation sites is 1. The lowest BCUT2D eigenvalue weighted by Crippen LogP contribution is -2.42. The summed E-state index contributed by atoms with van der Waals surface area (Å²) in [5, 5.41) is 10.3. The number of ether oxygens (including phenoxy) is 1. The molecule has 1 N–H and O–H groups in total. The summed E-state index contributed by atoms with van der Waals surface area (Å²) in [5.41, 5.74) is 0. The second-order valence-electron chi connectivity index (χ2n) is 6.46. The zero-order chi connectivity index (χ0) is 18.6. The maximum Gasteiger partial charge on any atom is 0.165 e. The minimum atomic E-state index is -3.05. The van der Waals surface area contributed by atoms with Crippen molar-refractivity contribution in [3.63, 3.8) is 0 Å². The van der Waals surface area contributed by atoms with Crippen molar-refractivity contribution in [2.45, 2.75) is 25.1 Å². The van der Waals surface area contributed by atoms with E-state index in [2.05, 4.69) is 0 Å². The standard InChI is InChI=1S/C18H22FNO5S/c19-17-5-1-2-6-18(17)25-12-15(21)10-20(11-16-4-3-8-24-16)14-7-9-26(22,23)13-14/h1-6,8,14-15,21H,7,9-13H2/t14-,15-/m0/s1. The number of aliphatic hydroxyl groups excluding tert-OH is 1. The summed E-state index contributed by atoms with van der Waals surface area (Å²) in [6.45, 7) is 0.508. The van der Waals surface area contributed by atoms with Gasteiger partial charge in [0.1, 0.15) is 18.5 Å². The lowest BCUT2D eigenvalue weighted by molar-refractivity contribution is 0.0486. The highest BCUT2D eigenvalue weighted by Gasteiger charge is 2.33. The Morgan fingerprint density at radius 1 is 1.31 bits per heavy atom. The number of benzene rings is 1. The van der Waals surface area contributed by atoms with Crippen LogP contribution in [0.3, 0.4) is 0 Å². The molecule has 26 heavy (non-hydrogen) atoms. The van der Waals surface area contributed by atoms with E-state index in [9.17, 15) is 17.9 Å². The lowest BCUT2D eigenvalue weighted by atomic mass is 10.2. The molecular formula is C18H22FNO5S. The second kappa shape index (κ2) is 8.20.